The van der Waals surface area contributed by atoms with Gasteiger partial charge in [-0.05, 0) is 60.5 Å². The van der Waals surface area contributed by atoms with E-state index in [-0.39, 0.29) is 11.8 Å². The molecular weight excluding hydrogens is 491 g/mol. The lowest BCUT2D eigenvalue weighted by molar-refractivity contribution is -0.130. The van der Waals surface area contributed by atoms with Gasteiger partial charge >= 0.3 is 0 Å². The van der Waals surface area contributed by atoms with Crippen LogP contribution >= 0.6 is 23.2 Å². The van der Waals surface area contributed by atoms with Crippen molar-refractivity contribution in [1.82, 2.24) is 9.80 Å². The first-order valence-electron chi connectivity index (χ1n) is 12.6. The third-order valence-corrected chi connectivity index (χ3v) is 8.05. The monoisotopic (exact) mass is 524 g/mol. The lowest BCUT2D eigenvalue weighted by atomic mass is 9.84. The van der Waals surface area contributed by atoms with Crippen LogP contribution in [0.25, 0.3) is 0 Å². The molecule has 1 aliphatic rings. The molecule has 4 rings (SSSR count). The molecule has 1 amide bonds. The predicted octanol–water partition coefficient (Wildman–Crippen LogP) is 6.50. The third kappa shape index (κ3) is 6.89. The Labute approximate surface area is 224 Å². The van der Waals surface area contributed by atoms with Gasteiger partial charge in [0.25, 0.3) is 0 Å². The van der Waals surface area contributed by atoms with Crippen LogP contribution in [0.2, 0.25) is 10.0 Å². The van der Waals surface area contributed by atoms with Crippen LogP contribution in [-0.4, -0.2) is 47.5 Å². The summed E-state index contributed by atoms with van der Waals surface area (Å²) in [7, 11) is 1.86. The Morgan fingerprint density at radius 2 is 1.61 bits per heavy atom. The lowest BCUT2D eigenvalue weighted by Crippen LogP contribution is -2.43. The second-order valence-corrected chi connectivity index (χ2v) is 10.7. The van der Waals surface area contributed by atoms with E-state index in [1.54, 1.807) is 4.90 Å². The zero-order valence-electron chi connectivity index (χ0n) is 20.7. The van der Waals surface area contributed by atoms with Crippen molar-refractivity contribution in [3.63, 3.8) is 0 Å². The Kier molecular flexibility index (Phi) is 9.08. The summed E-state index contributed by atoms with van der Waals surface area (Å²) in [5, 5.41) is 12.2. The molecule has 0 saturated carbocycles. The van der Waals surface area contributed by atoms with Crippen molar-refractivity contribution >= 4 is 29.1 Å². The maximum absolute atomic E-state index is 13.2. The van der Waals surface area contributed by atoms with Crippen LogP contribution in [0.1, 0.15) is 48.3 Å². The first kappa shape index (κ1) is 26.7. The summed E-state index contributed by atoms with van der Waals surface area (Å²) < 4.78 is 0. The average molecular weight is 526 g/mol. The molecule has 1 atom stereocenters. The number of piperidine rings is 1. The van der Waals surface area contributed by atoms with E-state index in [2.05, 4.69) is 4.90 Å². The van der Waals surface area contributed by atoms with E-state index >= 15 is 0 Å². The van der Waals surface area contributed by atoms with Crippen LogP contribution < -0.4 is 0 Å². The van der Waals surface area contributed by atoms with Crippen molar-refractivity contribution < 1.29 is 9.90 Å². The Hall–Kier alpha value is -2.37. The van der Waals surface area contributed by atoms with Crippen molar-refractivity contribution in [2.75, 3.05) is 26.7 Å². The number of benzene rings is 3. The van der Waals surface area contributed by atoms with Crippen LogP contribution in [-0.2, 0) is 16.9 Å². The second-order valence-electron chi connectivity index (χ2n) is 9.84. The minimum absolute atomic E-state index is 0.0282. The highest BCUT2D eigenvalue weighted by Gasteiger charge is 2.34. The zero-order valence-corrected chi connectivity index (χ0v) is 22.3. The molecule has 1 unspecified atom stereocenters. The van der Waals surface area contributed by atoms with Crippen LogP contribution in [0.5, 0.6) is 0 Å². The Bertz CT molecular complexity index is 1130. The molecule has 0 aromatic heterocycles. The molecular formula is C30H34Cl2N2O2. The molecule has 1 heterocycles. The number of nitrogens with zero attached hydrogens (tertiary/aromatic N) is 2. The molecule has 1 aliphatic heterocycles. The third-order valence-electron chi connectivity index (χ3n) is 7.31. The van der Waals surface area contributed by atoms with Crippen molar-refractivity contribution in [3.05, 3.63) is 106 Å². The SMILES string of the molecule is CN(Cc1ccccc1)C(=O)CC(CCN1CCC(O)(c2ccccc2)CC1)c1ccc(Cl)c(Cl)c1. The fourth-order valence-electron chi connectivity index (χ4n) is 4.99. The van der Waals surface area contributed by atoms with Gasteiger partial charge in [-0.1, -0.05) is 89.9 Å². The van der Waals surface area contributed by atoms with Gasteiger partial charge in [0.2, 0.25) is 5.91 Å². The molecule has 1 saturated heterocycles. The highest BCUT2D eigenvalue weighted by Crippen LogP contribution is 2.34. The van der Waals surface area contributed by atoms with E-state index in [1.807, 2.05) is 85.9 Å². The van der Waals surface area contributed by atoms with E-state index in [0.717, 1.165) is 42.7 Å². The van der Waals surface area contributed by atoms with Gasteiger partial charge in [-0.3, -0.25) is 4.79 Å². The summed E-state index contributed by atoms with van der Waals surface area (Å²) >= 11 is 12.5. The summed E-state index contributed by atoms with van der Waals surface area (Å²) in [6, 6.07) is 25.7. The van der Waals surface area contributed by atoms with Gasteiger partial charge in [-0.2, -0.15) is 0 Å². The number of aliphatic hydroxyl groups is 1. The van der Waals surface area contributed by atoms with Crippen LogP contribution in [0.4, 0.5) is 0 Å². The van der Waals surface area contributed by atoms with Crippen molar-refractivity contribution in [1.29, 1.82) is 0 Å². The van der Waals surface area contributed by atoms with Gasteiger partial charge in [0.05, 0.1) is 15.6 Å². The number of likely N-dealkylation sites (tertiary alicyclic amines) is 1. The maximum atomic E-state index is 13.2. The van der Waals surface area contributed by atoms with Crippen LogP contribution in [0, 0.1) is 0 Å². The minimum atomic E-state index is -0.767. The van der Waals surface area contributed by atoms with E-state index in [9.17, 15) is 9.90 Å². The molecule has 0 bridgehead atoms. The number of halogens is 2. The molecule has 4 nitrogen and oxygen atoms in total. The minimum Gasteiger partial charge on any atom is -0.385 e. The van der Waals surface area contributed by atoms with Crippen molar-refractivity contribution in [2.24, 2.45) is 0 Å². The Morgan fingerprint density at radius 3 is 2.25 bits per heavy atom. The molecule has 0 radical (unpaired) electrons. The highest BCUT2D eigenvalue weighted by molar-refractivity contribution is 6.42. The van der Waals surface area contributed by atoms with E-state index in [4.69, 9.17) is 23.2 Å². The summed E-state index contributed by atoms with van der Waals surface area (Å²) in [6.45, 7) is 3.08. The second kappa shape index (κ2) is 12.2. The summed E-state index contributed by atoms with van der Waals surface area (Å²) in [4.78, 5) is 17.4. The fourth-order valence-corrected chi connectivity index (χ4v) is 5.29. The maximum Gasteiger partial charge on any atom is 0.223 e. The molecule has 190 valence electrons. The average Bonchev–Trinajstić information content (AvgIpc) is 2.90. The number of hydrogen-bond acceptors (Lipinski definition) is 3. The van der Waals surface area contributed by atoms with Gasteiger partial charge in [-0.15, -0.1) is 0 Å². The highest BCUT2D eigenvalue weighted by atomic mass is 35.5. The quantitative estimate of drug-likeness (QED) is 0.347. The standard InChI is InChI=1S/C30H34Cl2N2O2/c1-33(22-23-8-4-2-5-9-23)29(35)21-25(24-12-13-27(31)28(32)20-24)14-17-34-18-15-30(36,16-19-34)26-10-6-3-7-11-26/h2-13,20,25,36H,14-19,21-22H2,1H3. The Morgan fingerprint density at radius 1 is 0.972 bits per heavy atom. The largest absolute Gasteiger partial charge is 0.385 e. The predicted molar refractivity (Wildman–Crippen MR) is 147 cm³/mol. The molecule has 3 aromatic carbocycles. The number of carbonyl (C=O) groups is 1. The molecule has 0 aliphatic carbocycles. The smallest absolute Gasteiger partial charge is 0.223 e. The first-order chi connectivity index (χ1) is 17.3. The summed E-state index contributed by atoms with van der Waals surface area (Å²) in [6.07, 6.45) is 2.64. The Balaban J connectivity index is 1.39. The molecule has 0 spiro atoms. The van der Waals surface area contributed by atoms with Crippen molar-refractivity contribution in [3.8, 4) is 0 Å². The fraction of sp³-hybridized carbons (Fsp3) is 0.367. The lowest BCUT2D eigenvalue weighted by Gasteiger charge is -2.39. The van der Waals surface area contributed by atoms with Crippen LogP contribution in [0.15, 0.2) is 78.9 Å². The summed E-state index contributed by atoms with van der Waals surface area (Å²) in [5.74, 6) is 0.132. The van der Waals surface area contributed by atoms with E-state index < -0.39 is 5.60 Å². The van der Waals surface area contributed by atoms with Gasteiger partial charge in [-0.25, -0.2) is 0 Å². The molecule has 1 N–H and O–H groups in total. The summed E-state index contributed by atoms with van der Waals surface area (Å²) in [5.41, 5.74) is 2.37. The number of rotatable bonds is 9. The molecule has 3 aromatic rings. The number of hydrogen-bond donors (Lipinski definition) is 1. The molecule has 36 heavy (non-hydrogen) atoms. The molecule has 6 heteroatoms. The number of amides is 1. The van der Waals surface area contributed by atoms with Gasteiger partial charge in [0.15, 0.2) is 0 Å². The zero-order chi connectivity index (χ0) is 25.5. The molecule has 1 fully saturated rings. The van der Waals surface area contributed by atoms with Crippen molar-refractivity contribution in [2.45, 2.75) is 43.7 Å². The van der Waals surface area contributed by atoms with Gasteiger partial charge < -0.3 is 14.9 Å². The van der Waals surface area contributed by atoms with E-state index in [0.29, 0.717) is 35.9 Å². The normalized spacial score (nSPS) is 16.4. The van der Waals surface area contributed by atoms with Crippen LogP contribution in [0.3, 0.4) is 0 Å². The topological polar surface area (TPSA) is 43.8 Å². The van der Waals surface area contributed by atoms with E-state index in [1.165, 1.54) is 0 Å². The van der Waals surface area contributed by atoms with Gasteiger partial charge in [0.1, 0.15) is 0 Å². The number of carbonyl (C=O) groups excluding carboxylic acids is 1. The first-order valence-corrected chi connectivity index (χ1v) is 13.3. The van der Waals surface area contributed by atoms with Gasteiger partial charge in [0, 0.05) is 33.1 Å².